The predicted octanol–water partition coefficient (Wildman–Crippen LogP) is 3.35. The van der Waals surface area contributed by atoms with Gasteiger partial charge in [-0.05, 0) is 38.0 Å². The maximum atomic E-state index is 12.5. The Labute approximate surface area is 159 Å². The molecule has 1 heterocycles. The lowest BCUT2D eigenvalue weighted by molar-refractivity contribution is -0.139. The Hall–Kier alpha value is -2.83. The highest BCUT2D eigenvalue weighted by atomic mass is 16.5. The van der Waals surface area contributed by atoms with Crippen molar-refractivity contribution in [2.24, 2.45) is 0 Å². The van der Waals surface area contributed by atoms with Gasteiger partial charge < -0.3 is 20.3 Å². The van der Waals surface area contributed by atoms with Crippen LogP contribution in [0.25, 0.3) is 0 Å². The van der Waals surface area contributed by atoms with Crippen LogP contribution in [0.2, 0.25) is 0 Å². The molecule has 0 fully saturated rings. The summed E-state index contributed by atoms with van der Waals surface area (Å²) in [5, 5.41) is 5.69. The van der Waals surface area contributed by atoms with Gasteiger partial charge >= 0.3 is 12.0 Å². The standard InChI is InChI=1S/C20H27N3O4/c1-5-7-11-16(24)21-15-10-8-9-14(12-15)18-17(19(25)27-6-2)13(3)23(4)20(26)22-18/h8-10,12,18H,5-7,11H2,1-4H3,(H,21,24)(H,22,26)/t18-/m1/s1. The summed E-state index contributed by atoms with van der Waals surface area (Å²) in [6, 6.07) is 6.21. The molecule has 2 rings (SSSR count). The van der Waals surface area contributed by atoms with Gasteiger partial charge in [0.05, 0.1) is 18.2 Å². The first-order valence-corrected chi connectivity index (χ1v) is 9.20. The number of hydrogen-bond donors (Lipinski definition) is 2. The molecule has 0 saturated carbocycles. The lowest BCUT2D eigenvalue weighted by Gasteiger charge is -2.33. The lowest BCUT2D eigenvalue weighted by atomic mass is 9.94. The van der Waals surface area contributed by atoms with Crippen molar-refractivity contribution in [2.45, 2.75) is 46.1 Å². The second-order valence-electron chi connectivity index (χ2n) is 6.44. The van der Waals surface area contributed by atoms with Crippen molar-refractivity contribution in [1.82, 2.24) is 10.2 Å². The molecule has 1 atom stereocenters. The Balaban J connectivity index is 2.34. The summed E-state index contributed by atoms with van der Waals surface area (Å²) >= 11 is 0. The van der Waals surface area contributed by atoms with Gasteiger partial charge in [0.25, 0.3) is 0 Å². The summed E-state index contributed by atoms with van der Waals surface area (Å²) in [6.45, 7) is 5.73. The van der Waals surface area contributed by atoms with E-state index in [1.807, 2.05) is 13.0 Å². The molecule has 146 valence electrons. The molecule has 27 heavy (non-hydrogen) atoms. The van der Waals surface area contributed by atoms with Gasteiger partial charge in [-0.25, -0.2) is 9.59 Å². The molecule has 0 saturated heterocycles. The molecule has 1 aromatic carbocycles. The monoisotopic (exact) mass is 373 g/mol. The summed E-state index contributed by atoms with van der Waals surface area (Å²) in [6.07, 6.45) is 2.23. The Bertz CT molecular complexity index is 757. The maximum absolute atomic E-state index is 12.5. The predicted molar refractivity (Wildman–Crippen MR) is 103 cm³/mol. The molecule has 7 heteroatoms. The van der Waals surface area contributed by atoms with Crippen molar-refractivity contribution in [2.75, 3.05) is 19.0 Å². The van der Waals surface area contributed by atoms with Gasteiger partial charge in [-0.1, -0.05) is 25.5 Å². The van der Waals surface area contributed by atoms with E-state index in [1.54, 1.807) is 39.1 Å². The number of nitrogens with zero attached hydrogens (tertiary/aromatic N) is 1. The molecule has 0 bridgehead atoms. The second kappa shape index (κ2) is 9.21. The SMILES string of the molecule is CCCCC(=O)Nc1cccc([C@H]2NC(=O)N(C)C(C)=C2C(=O)OCC)c1. The van der Waals surface area contributed by atoms with Gasteiger partial charge in [0.1, 0.15) is 0 Å². The maximum Gasteiger partial charge on any atom is 0.338 e. The van der Waals surface area contributed by atoms with Crippen molar-refractivity contribution in [1.29, 1.82) is 0 Å². The molecule has 0 radical (unpaired) electrons. The molecule has 2 N–H and O–H groups in total. The van der Waals surface area contributed by atoms with Gasteiger partial charge in [-0.15, -0.1) is 0 Å². The lowest BCUT2D eigenvalue weighted by Crippen LogP contribution is -2.46. The van der Waals surface area contributed by atoms with E-state index in [0.29, 0.717) is 28.9 Å². The quantitative estimate of drug-likeness (QED) is 0.718. The molecule has 1 aliphatic rings. The van der Waals surface area contributed by atoms with Crippen LogP contribution in [0, 0.1) is 0 Å². The number of nitrogens with one attached hydrogen (secondary N) is 2. The zero-order valence-electron chi connectivity index (χ0n) is 16.3. The third kappa shape index (κ3) is 4.87. The minimum absolute atomic E-state index is 0.0567. The topological polar surface area (TPSA) is 87.7 Å². The third-order valence-corrected chi connectivity index (χ3v) is 4.51. The molecular weight excluding hydrogens is 346 g/mol. The van der Waals surface area contributed by atoms with E-state index < -0.39 is 12.0 Å². The van der Waals surface area contributed by atoms with E-state index in [4.69, 9.17) is 4.74 Å². The molecule has 1 aromatic rings. The number of esters is 1. The summed E-state index contributed by atoms with van der Waals surface area (Å²) < 4.78 is 5.18. The number of hydrogen-bond acceptors (Lipinski definition) is 4. The first-order valence-electron chi connectivity index (χ1n) is 9.20. The largest absolute Gasteiger partial charge is 0.463 e. The normalized spacial score (nSPS) is 16.8. The minimum atomic E-state index is -0.639. The number of anilines is 1. The average Bonchev–Trinajstić information content (AvgIpc) is 2.64. The molecule has 0 aliphatic carbocycles. The Morgan fingerprint density at radius 1 is 1.30 bits per heavy atom. The van der Waals surface area contributed by atoms with Crippen molar-refractivity contribution >= 4 is 23.6 Å². The van der Waals surface area contributed by atoms with E-state index in [-0.39, 0.29) is 18.5 Å². The molecule has 0 aromatic heterocycles. The van der Waals surface area contributed by atoms with Crippen LogP contribution >= 0.6 is 0 Å². The van der Waals surface area contributed by atoms with Crippen LogP contribution in [0.5, 0.6) is 0 Å². The number of urea groups is 1. The summed E-state index contributed by atoms with van der Waals surface area (Å²) in [7, 11) is 1.60. The summed E-state index contributed by atoms with van der Waals surface area (Å²) in [4.78, 5) is 38.1. The molecular formula is C20H27N3O4. The molecule has 3 amide bonds. The van der Waals surface area contributed by atoms with Crippen LogP contribution in [-0.2, 0) is 14.3 Å². The number of rotatable bonds is 7. The van der Waals surface area contributed by atoms with E-state index in [0.717, 1.165) is 12.8 Å². The molecule has 7 nitrogen and oxygen atoms in total. The fourth-order valence-electron chi connectivity index (χ4n) is 2.92. The van der Waals surface area contributed by atoms with Crippen molar-refractivity contribution in [3.8, 4) is 0 Å². The summed E-state index contributed by atoms with van der Waals surface area (Å²) in [5.41, 5.74) is 2.25. The zero-order chi connectivity index (χ0) is 20.0. The Morgan fingerprint density at radius 2 is 2.04 bits per heavy atom. The molecule has 0 unspecified atom stereocenters. The number of allylic oxidation sites excluding steroid dienone is 1. The minimum Gasteiger partial charge on any atom is -0.463 e. The third-order valence-electron chi connectivity index (χ3n) is 4.51. The van der Waals surface area contributed by atoms with Crippen LogP contribution in [-0.4, -0.2) is 36.5 Å². The average molecular weight is 373 g/mol. The number of carbonyl (C=O) groups excluding carboxylic acids is 3. The fourth-order valence-corrected chi connectivity index (χ4v) is 2.92. The molecule has 1 aliphatic heterocycles. The van der Waals surface area contributed by atoms with Gasteiger partial charge in [0, 0.05) is 24.9 Å². The van der Waals surface area contributed by atoms with E-state index >= 15 is 0 Å². The first kappa shape index (κ1) is 20.5. The Morgan fingerprint density at radius 3 is 2.70 bits per heavy atom. The first-order chi connectivity index (χ1) is 12.9. The number of unbranched alkanes of at least 4 members (excludes halogenated alkanes) is 1. The van der Waals surface area contributed by atoms with Gasteiger partial charge in [0.2, 0.25) is 5.91 Å². The van der Waals surface area contributed by atoms with Crippen LogP contribution < -0.4 is 10.6 Å². The van der Waals surface area contributed by atoms with Crippen molar-refractivity contribution < 1.29 is 19.1 Å². The van der Waals surface area contributed by atoms with Crippen molar-refractivity contribution in [3.05, 3.63) is 41.1 Å². The smallest absolute Gasteiger partial charge is 0.338 e. The van der Waals surface area contributed by atoms with Crippen LogP contribution in [0.3, 0.4) is 0 Å². The highest BCUT2D eigenvalue weighted by Crippen LogP contribution is 2.31. The second-order valence-corrected chi connectivity index (χ2v) is 6.44. The zero-order valence-corrected chi connectivity index (χ0v) is 16.3. The number of benzene rings is 1. The van der Waals surface area contributed by atoms with E-state index in [1.165, 1.54) is 4.90 Å². The number of carbonyl (C=O) groups is 3. The van der Waals surface area contributed by atoms with E-state index in [2.05, 4.69) is 10.6 Å². The molecule has 0 spiro atoms. The highest BCUT2D eigenvalue weighted by Gasteiger charge is 2.35. The van der Waals surface area contributed by atoms with Gasteiger partial charge in [-0.3, -0.25) is 4.79 Å². The van der Waals surface area contributed by atoms with Crippen LogP contribution in [0.1, 0.15) is 51.6 Å². The van der Waals surface area contributed by atoms with Gasteiger partial charge in [-0.2, -0.15) is 0 Å². The van der Waals surface area contributed by atoms with Crippen molar-refractivity contribution in [3.63, 3.8) is 0 Å². The van der Waals surface area contributed by atoms with Gasteiger partial charge in [0.15, 0.2) is 0 Å². The summed E-state index contributed by atoms with van der Waals surface area (Å²) in [5.74, 6) is -0.525. The highest BCUT2D eigenvalue weighted by molar-refractivity contribution is 5.95. The Kier molecular flexibility index (Phi) is 6.98. The van der Waals surface area contributed by atoms with Crippen LogP contribution in [0.15, 0.2) is 35.5 Å². The van der Waals surface area contributed by atoms with Crippen LogP contribution in [0.4, 0.5) is 10.5 Å². The van der Waals surface area contributed by atoms with E-state index in [9.17, 15) is 14.4 Å². The fraction of sp³-hybridized carbons (Fsp3) is 0.450. The number of amides is 3. The number of ether oxygens (including phenoxy) is 1.